The number of imidazole rings is 1. The average Bonchev–Trinajstić information content (AvgIpc) is 2.87. The molecule has 19 heavy (non-hydrogen) atoms. The monoisotopic (exact) mass is 281 g/mol. The molecule has 102 valence electrons. The highest BCUT2D eigenvalue weighted by Crippen LogP contribution is 2.33. The van der Waals surface area contributed by atoms with Crippen molar-refractivity contribution in [2.24, 2.45) is 0 Å². The molecule has 2 N–H and O–H groups in total. The lowest BCUT2D eigenvalue weighted by molar-refractivity contribution is 0.419. The fourth-order valence-corrected chi connectivity index (χ4v) is 4.34. The van der Waals surface area contributed by atoms with Crippen molar-refractivity contribution in [2.45, 2.75) is 12.5 Å². The highest BCUT2D eigenvalue weighted by Gasteiger charge is 2.31. The Hall–Kier alpha value is -1.76. The molecule has 7 heteroatoms. The summed E-state index contributed by atoms with van der Waals surface area (Å²) in [7, 11) is -1.38. The smallest absolute Gasteiger partial charge is 0.201 e. The molecule has 0 bridgehead atoms. The summed E-state index contributed by atoms with van der Waals surface area (Å²) in [6, 6.07) is 5.40. The van der Waals surface area contributed by atoms with Gasteiger partial charge in [0.1, 0.15) is 11.3 Å². The second-order valence-corrected chi connectivity index (χ2v) is 6.95. The van der Waals surface area contributed by atoms with Gasteiger partial charge in [-0.2, -0.15) is 0 Å². The Kier molecular flexibility index (Phi) is 2.67. The molecule has 0 saturated carbocycles. The highest BCUT2D eigenvalue weighted by atomic mass is 32.2. The number of anilines is 1. The third-order valence-corrected chi connectivity index (χ3v) is 5.25. The van der Waals surface area contributed by atoms with Gasteiger partial charge < -0.3 is 15.0 Å². The zero-order valence-electron chi connectivity index (χ0n) is 10.5. The zero-order chi connectivity index (χ0) is 13.6. The van der Waals surface area contributed by atoms with Gasteiger partial charge in [0.15, 0.2) is 9.84 Å². The first-order chi connectivity index (χ1) is 9.02. The highest BCUT2D eigenvalue weighted by molar-refractivity contribution is 7.91. The number of fused-ring (bicyclic) bond motifs is 1. The fraction of sp³-hybridized carbons (Fsp3) is 0.417. The van der Waals surface area contributed by atoms with Gasteiger partial charge in [-0.25, -0.2) is 13.4 Å². The third kappa shape index (κ3) is 1.94. The predicted octanol–water partition coefficient (Wildman–Crippen LogP) is 0.987. The van der Waals surface area contributed by atoms with E-state index in [2.05, 4.69) is 4.98 Å². The fourth-order valence-electron chi connectivity index (χ4n) is 2.64. The molecule has 0 radical (unpaired) electrons. The number of methoxy groups -OCH3 is 1. The maximum absolute atomic E-state index is 11.6. The van der Waals surface area contributed by atoms with Crippen molar-refractivity contribution in [3.8, 4) is 5.75 Å². The van der Waals surface area contributed by atoms with Gasteiger partial charge in [0.05, 0.1) is 30.2 Å². The van der Waals surface area contributed by atoms with Crippen LogP contribution in [0.2, 0.25) is 0 Å². The van der Waals surface area contributed by atoms with Gasteiger partial charge in [-0.3, -0.25) is 0 Å². The molecule has 1 unspecified atom stereocenters. The molecular formula is C12H15N3O3S. The first kappa shape index (κ1) is 12.3. The van der Waals surface area contributed by atoms with Gasteiger partial charge in [0.2, 0.25) is 5.95 Å². The molecular weight excluding hydrogens is 266 g/mol. The Labute approximate surface area is 111 Å². The van der Waals surface area contributed by atoms with Crippen molar-refractivity contribution in [2.75, 3.05) is 24.3 Å². The van der Waals surface area contributed by atoms with E-state index in [1.54, 1.807) is 7.11 Å². The summed E-state index contributed by atoms with van der Waals surface area (Å²) in [5.41, 5.74) is 7.44. The second-order valence-electron chi connectivity index (χ2n) is 4.72. The number of aromatic nitrogens is 2. The lowest BCUT2D eigenvalue weighted by Gasteiger charge is -2.13. The average molecular weight is 281 g/mol. The van der Waals surface area contributed by atoms with E-state index >= 15 is 0 Å². The third-order valence-electron chi connectivity index (χ3n) is 3.50. The van der Waals surface area contributed by atoms with E-state index in [1.165, 1.54) is 0 Å². The van der Waals surface area contributed by atoms with Crippen LogP contribution in [0, 0.1) is 0 Å². The number of rotatable bonds is 2. The topological polar surface area (TPSA) is 87.2 Å². The maximum Gasteiger partial charge on any atom is 0.201 e. The number of sulfone groups is 1. The van der Waals surface area contributed by atoms with Gasteiger partial charge >= 0.3 is 0 Å². The van der Waals surface area contributed by atoms with E-state index in [0.717, 1.165) is 5.52 Å². The molecule has 0 aliphatic carbocycles. The summed E-state index contributed by atoms with van der Waals surface area (Å²) >= 11 is 0. The predicted molar refractivity (Wildman–Crippen MR) is 73.0 cm³/mol. The van der Waals surface area contributed by atoms with Crippen LogP contribution in [0.4, 0.5) is 5.95 Å². The largest absolute Gasteiger partial charge is 0.494 e. The summed E-state index contributed by atoms with van der Waals surface area (Å²) in [6.45, 7) is 0. The number of hydrogen-bond donors (Lipinski definition) is 1. The first-order valence-electron chi connectivity index (χ1n) is 6.02. The van der Waals surface area contributed by atoms with Crippen LogP contribution >= 0.6 is 0 Å². The molecule has 1 aromatic carbocycles. The van der Waals surface area contributed by atoms with E-state index in [4.69, 9.17) is 10.5 Å². The van der Waals surface area contributed by atoms with E-state index in [-0.39, 0.29) is 17.5 Å². The zero-order valence-corrected chi connectivity index (χ0v) is 11.4. The van der Waals surface area contributed by atoms with E-state index in [1.807, 2.05) is 22.8 Å². The Morgan fingerprint density at radius 1 is 1.47 bits per heavy atom. The van der Waals surface area contributed by atoms with Gasteiger partial charge in [-0.05, 0) is 18.6 Å². The van der Waals surface area contributed by atoms with Gasteiger partial charge in [0.25, 0.3) is 0 Å². The van der Waals surface area contributed by atoms with Crippen molar-refractivity contribution in [1.29, 1.82) is 0 Å². The molecule has 1 saturated heterocycles. The molecule has 1 atom stereocenters. The van der Waals surface area contributed by atoms with Crippen LogP contribution in [0.1, 0.15) is 12.5 Å². The minimum atomic E-state index is -2.96. The Morgan fingerprint density at radius 2 is 2.26 bits per heavy atom. The molecule has 3 rings (SSSR count). The number of ether oxygens (including phenoxy) is 1. The number of nitrogens with zero attached hydrogens (tertiary/aromatic N) is 2. The maximum atomic E-state index is 11.6. The van der Waals surface area contributed by atoms with Crippen molar-refractivity contribution in [1.82, 2.24) is 9.55 Å². The minimum absolute atomic E-state index is 0.125. The van der Waals surface area contributed by atoms with Crippen molar-refractivity contribution in [3.63, 3.8) is 0 Å². The molecule has 1 fully saturated rings. The van der Waals surface area contributed by atoms with Gasteiger partial charge in [-0.1, -0.05) is 6.07 Å². The Bertz CT molecular complexity index is 736. The Morgan fingerprint density at radius 3 is 2.89 bits per heavy atom. The lowest BCUT2D eigenvalue weighted by atomic mass is 10.2. The standard InChI is InChI=1S/C12H15N3O3S/c1-18-10-4-2-3-9-11(10)14-12(13)15(9)8-5-6-19(16,17)7-8/h2-4,8H,5-7H2,1H3,(H2,13,14). The minimum Gasteiger partial charge on any atom is -0.494 e. The second kappa shape index (κ2) is 4.12. The molecule has 1 aromatic heterocycles. The Balaban J connectivity index is 2.17. The van der Waals surface area contributed by atoms with Gasteiger partial charge in [-0.15, -0.1) is 0 Å². The van der Waals surface area contributed by atoms with E-state index in [0.29, 0.717) is 23.6 Å². The van der Waals surface area contributed by atoms with Crippen LogP contribution in [0.3, 0.4) is 0 Å². The van der Waals surface area contributed by atoms with Crippen LogP contribution in [-0.4, -0.2) is 36.6 Å². The van der Waals surface area contributed by atoms with Crippen LogP contribution in [0.25, 0.3) is 11.0 Å². The molecule has 0 spiro atoms. The van der Waals surface area contributed by atoms with Gasteiger partial charge in [0, 0.05) is 0 Å². The van der Waals surface area contributed by atoms with Crippen LogP contribution in [0.5, 0.6) is 5.75 Å². The number of para-hydroxylation sites is 1. The number of benzene rings is 1. The summed E-state index contributed by atoms with van der Waals surface area (Å²) in [6.07, 6.45) is 0.579. The first-order valence-corrected chi connectivity index (χ1v) is 7.85. The van der Waals surface area contributed by atoms with E-state index < -0.39 is 9.84 Å². The number of hydrogen-bond acceptors (Lipinski definition) is 5. The normalized spacial score (nSPS) is 21.8. The SMILES string of the molecule is COc1cccc2c1nc(N)n2C1CCS(=O)(=O)C1. The molecule has 1 aliphatic rings. The van der Waals surface area contributed by atoms with Crippen molar-refractivity contribution >= 4 is 26.8 Å². The van der Waals surface area contributed by atoms with Crippen LogP contribution < -0.4 is 10.5 Å². The molecule has 6 nitrogen and oxygen atoms in total. The molecule has 1 aliphatic heterocycles. The number of nitrogens with two attached hydrogens (primary N) is 1. The summed E-state index contributed by atoms with van der Waals surface area (Å²) in [5.74, 6) is 1.31. The van der Waals surface area contributed by atoms with E-state index in [9.17, 15) is 8.42 Å². The summed E-state index contributed by atoms with van der Waals surface area (Å²) in [4.78, 5) is 4.30. The molecule has 0 amide bonds. The van der Waals surface area contributed by atoms with Crippen LogP contribution in [0.15, 0.2) is 18.2 Å². The van der Waals surface area contributed by atoms with Crippen molar-refractivity contribution in [3.05, 3.63) is 18.2 Å². The summed E-state index contributed by atoms with van der Waals surface area (Å²) < 4.78 is 30.3. The quantitative estimate of drug-likeness (QED) is 0.887. The van der Waals surface area contributed by atoms with Crippen molar-refractivity contribution < 1.29 is 13.2 Å². The summed E-state index contributed by atoms with van der Waals surface area (Å²) in [5, 5.41) is 0. The van der Waals surface area contributed by atoms with Crippen LogP contribution in [-0.2, 0) is 9.84 Å². The molecule has 2 heterocycles. The number of nitrogen functional groups attached to an aromatic ring is 1. The lowest BCUT2D eigenvalue weighted by Crippen LogP contribution is -2.13. The molecule has 2 aromatic rings.